The van der Waals surface area contributed by atoms with Crippen LogP contribution in [-0.4, -0.2) is 61.1 Å². The maximum atomic E-state index is 11.5. The van der Waals surface area contributed by atoms with Gasteiger partial charge in [-0.1, -0.05) is 11.6 Å². The number of nitrogens with zero attached hydrogens (tertiary/aromatic N) is 1. The van der Waals surface area contributed by atoms with E-state index >= 15 is 0 Å². The van der Waals surface area contributed by atoms with Crippen LogP contribution in [-0.2, 0) is 9.53 Å². The summed E-state index contributed by atoms with van der Waals surface area (Å²) in [5.74, 6) is -1.64. The van der Waals surface area contributed by atoms with Gasteiger partial charge in [-0.2, -0.15) is 13.2 Å². The monoisotopic (exact) mass is 398 g/mol. The molecule has 3 N–H and O–H groups in total. The van der Waals surface area contributed by atoms with Crippen LogP contribution in [0.15, 0.2) is 24.3 Å². The highest BCUT2D eigenvalue weighted by molar-refractivity contribution is 6.30. The van der Waals surface area contributed by atoms with Crippen LogP contribution >= 0.6 is 11.6 Å². The lowest BCUT2D eigenvalue weighted by Gasteiger charge is -2.37. The number of carboxylic acid groups (broad SMARTS) is 1. The molecule has 0 atom stereocenters. The van der Waals surface area contributed by atoms with Crippen molar-refractivity contribution in [3.05, 3.63) is 29.3 Å². The molecule has 1 aromatic rings. The summed E-state index contributed by atoms with van der Waals surface area (Å²) in [5, 5.41) is 7.78. The Bertz CT molecular complexity index is 592. The van der Waals surface area contributed by atoms with Crippen LogP contribution < -0.4 is 10.5 Å². The van der Waals surface area contributed by atoms with Crippen molar-refractivity contribution >= 4 is 23.7 Å². The SMILES string of the molecule is NCC1CN(C(=O)OCCOc2ccc(Cl)cc2)C1.O=C(O)C(F)(F)F. The zero-order valence-corrected chi connectivity index (χ0v) is 14.3. The van der Waals surface area contributed by atoms with E-state index in [0.29, 0.717) is 42.9 Å². The molecule has 11 heteroatoms. The number of hydrogen-bond donors (Lipinski definition) is 2. The third-order valence-corrected chi connectivity index (χ3v) is 3.43. The molecule has 1 saturated heterocycles. The average molecular weight is 399 g/mol. The van der Waals surface area contributed by atoms with Gasteiger partial charge in [0.15, 0.2) is 0 Å². The van der Waals surface area contributed by atoms with Crippen LogP contribution in [0.5, 0.6) is 5.75 Å². The molecule has 26 heavy (non-hydrogen) atoms. The summed E-state index contributed by atoms with van der Waals surface area (Å²) in [6.45, 7) is 2.54. The summed E-state index contributed by atoms with van der Waals surface area (Å²) in [4.78, 5) is 22.1. The first kappa shape index (κ1) is 21.8. The molecule has 1 amide bonds. The lowest BCUT2D eigenvalue weighted by molar-refractivity contribution is -0.192. The van der Waals surface area contributed by atoms with E-state index in [1.165, 1.54) is 0 Å². The second kappa shape index (κ2) is 10.1. The van der Waals surface area contributed by atoms with E-state index in [-0.39, 0.29) is 12.7 Å². The lowest BCUT2D eigenvalue weighted by atomic mass is 10.0. The molecule has 1 aliphatic heterocycles. The number of nitrogens with two attached hydrogens (primary N) is 1. The number of hydrogen-bond acceptors (Lipinski definition) is 5. The molecule has 0 radical (unpaired) electrons. The molecule has 0 saturated carbocycles. The number of carboxylic acids is 1. The van der Waals surface area contributed by atoms with Gasteiger partial charge in [-0.15, -0.1) is 0 Å². The molecular formula is C15H18ClF3N2O5. The first-order valence-electron chi connectivity index (χ1n) is 7.43. The van der Waals surface area contributed by atoms with Crippen molar-refractivity contribution in [1.82, 2.24) is 4.90 Å². The minimum Gasteiger partial charge on any atom is -0.490 e. The van der Waals surface area contributed by atoms with Crippen molar-refractivity contribution in [2.75, 3.05) is 32.8 Å². The average Bonchev–Trinajstić information content (AvgIpc) is 2.52. The van der Waals surface area contributed by atoms with Crippen molar-refractivity contribution in [2.24, 2.45) is 11.7 Å². The number of ether oxygens (including phenoxy) is 2. The first-order valence-corrected chi connectivity index (χ1v) is 7.81. The number of likely N-dealkylation sites (tertiary alicyclic amines) is 1. The highest BCUT2D eigenvalue weighted by Gasteiger charge is 2.38. The van der Waals surface area contributed by atoms with E-state index in [1.807, 2.05) is 0 Å². The largest absolute Gasteiger partial charge is 0.490 e. The van der Waals surface area contributed by atoms with Crippen molar-refractivity contribution in [3.8, 4) is 5.75 Å². The number of carbonyl (C=O) groups is 2. The number of benzene rings is 1. The number of rotatable bonds is 5. The van der Waals surface area contributed by atoms with E-state index in [9.17, 15) is 18.0 Å². The normalized spacial score (nSPS) is 14.0. The van der Waals surface area contributed by atoms with Crippen LogP contribution in [0.4, 0.5) is 18.0 Å². The molecule has 1 aliphatic rings. The van der Waals surface area contributed by atoms with Crippen LogP contribution in [0.3, 0.4) is 0 Å². The summed E-state index contributed by atoms with van der Waals surface area (Å²) >= 11 is 5.76. The minimum atomic E-state index is -5.08. The van der Waals surface area contributed by atoms with Crippen LogP contribution in [0, 0.1) is 5.92 Å². The zero-order valence-electron chi connectivity index (χ0n) is 13.5. The fourth-order valence-corrected chi connectivity index (χ4v) is 1.90. The number of amides is 1. The molecular weight excluding hydrogens is 381 g/mol. The van der Waals surface area contributed by atoms with E-state index in [4.69, 9.17) is 36.7 Å². The summed E-state index contributed by atoms with van der Waals surface area (Å²) in [6.07, 6.45) is -5.38. The predicted octanol–water partition coefficient (Wildman–Crippen LogP) is 2.38. The van der Waals surface area contributed by atoms with Gasteiger partial charge in [0.1, 0.15) is 19.0 Å². The van der Waals surface area contributed by atoms with Crippen LogP contribution in [0.1, 0.15) is 0 Å². The van der Waals surface area contributed by atoms with Crippen molar-refractivity contribution < 1.29 is 37.3 Å². The third kappa shape index (κ3) is 7.79. The third-order valence-electron chi connectivity index (χ3n) is 3.18. The van der Waals surface area contributed by atoms with Gasteiger partial charge in [0, 0.05) is 24.0 Å². The number of halogens is 4. The number of carbonyl (C=O) groups excluding carboxylic acids is 1. The van der Waals surface area contributed by atoms with E-state index in [1.54, 1.807) is 29.2 Å². The molecule has 0 aliphatic carbocycles. The fourth-order valence-electron chi connectivity index (χ4n) is 1.78. The maximum absolute atomic E-state index is 11.5. The Morgan fingerprint density at radius 1 is 1.23 bits per heavy atom. The second-order valence-corrected chi connectivity index (χ2v) is 5.66. The van der Waals surface area contributed by atoms with Crippen LogP contribution in [0.2, 0.25) is 5.02 Å². The zero-order chi connectivity index (χ0) is 19.7. The smallest absolute Gasteiger partial charge is 0.490 e. The number of aliphatic carboxylic acids is 1. The van der Waals surface area contributed by atoms with Crippen molar-refractivity contribution in [2.45, 2.75) is 6.18 Å². The van der Waals surface area contributed by atoms with Crippen LogP contribution in [0.25, 0.3) is 0 Å². The minimum absolute atomic E-state index is 0.227. The van der Waals surface area contributed by atoms with Gasteiger partial charge in [-0.05, 0) is 30.8 Å². The van der Waals surface area contributed by atoms with E-state index in [0.717, 1.165) is 0 Å². The molecule has 1 heterocycles. The Kier molecular flexibility index (Phi) is 8.46. The molecule has 7 nitrogen and oxygen atoms in total. The Morgan fingerprint density at radius 3 is 2.23 bits per heavy atom. The Balaban J connectivity index is 0.000000412. The Morgan fingerprint density at radius 2 is 1.77 bits per heavy atom. The standard InChI is InChI=1S/C13H17ClN2O3.C2HF3O2/c14-11-1-3-12(4-2-11)18-5-6-19-13(17)16-8-10(7-15)9-16;3-2(4,5)1(6)7/h1-4,10H,5-9,15H2;(H,6,7). The second-order valence-electron chi connectivity index (χ2n) is 5.23. The topological polar surface area (TPSA) is 102 Å². The highest BCUT2D eigenvalue weighted by Crippen LogP contribution is 2.16. The van der Waals surface area contributed by atoms with Gasteiger partial charge in [-0.3, -0.25) is 0 Å². The van der Waals surface area contributed by atoms with Crippen molar-refractivity contribution in [1.29, 1.82) is 0 Å². The Labute approximate surface area is 152 Å². The molecule has 0 spiro atoms. The summed E-state index contributed by atoms with van der Waals surface area (Å²) < 4.78 is 42.2. The van der Waals surface area contributed by atoms with Crippen molar-refractivity contribution in [3.63, 3.8) is 0 Å². The predicted molar refractivity (Wildman–Crippen MR) is 86.1 cm³/mol. The highest BCUT2D eigenvalue weighted by atomic mass is 35.5. The lowest BCUT2D eigenvalue weighted by Crippen LogP contribution is -2.52. The molecule has 1 aromatic carbocycles. The molecule has 0 unspecified atom stereocenters. The van der Waals surface area contributed by atoms with Gasteiger partial charge < -0.3 is 25.2 Å². The molecule has 2 rings (SSSR count). The van der Waals surface area contributed by atoms with E-state index < -0.39 is 12.1 Å². The quantitative estimate of drug-likeness (QED) is 0.738. The fraction of sp³-hybridized carbons (Fsp3) is 0.467. The molecule has 0 bridgehead atoms. The maximum Gasteiger partial charge on any atom is 0.490 e. The van der Waals surface area contributed by atoms with Gasteiger partial charge in [0.05, 0.1) is 0 Å². The molecule has 0 aromatic heterocycles. The molecule has 1 fully saturated rings. The molecule has 146 valence electrons. The summed E-state index contributed by atoms with van der Waals surface area (Å²) in [7, 11) is 0. The van der Waals surface area contributed by atoms with E-state index in [2.05, 4.69) is 0 Å². The van der Waals surface area contributed by atoms with Gasteiger partial charge in [-0.25, -0.2) is 9.59 Å². The summed E-state index contributed by atoms with van der Waals surface area (Å²) in [6, 6.07) is 7.03. The van der Waals surface area contributed by atoms with Gasteiger partial charge in [0.2, 0.25) is 0 Å². The number of alkyl halides is 3. The summed E-state index contributed by atoms with van der Waals surface area (Å²) in [5.41, 5.74) is 5.48. The Hall–Kier alpha value is -2.20. The first-order chi connectivity index (χ1) is 12.1. The van der Waals surface area contributed by atoms with Gasteiger partial charge >= 0.3 is 18.2 Å². The van der Waals surface area contributed by atoms with Gasteiger partial charge in [0.25, 0.3) is 0 Å².